The zero-order valence-electron chi connectivity index (χ0n) is 16.9. The second kappa shape index (κ2) is 11.1. The van der Waals surface area contributed by atoms with Gasteiger partial charge in [0.05, 0.1) is 17.7 Å². The van der Waals surface area contributed by atoms with Crippen molar-refractivity contribution in [1.29, 1.82) is 0 Å². The van der Waals surface area contributed by atoms with E-state index < -0.39 is 27.6 Å². The van der Waals surface area contributed by atoms with Gasteiger partial charge in [-0.3, -0.25) is 14.8 Å². The summed E-state index contributed by atoms with van der Waals surface area (Å²) in [5.74, 6) is -1.86. The van der Waals surface area contributed by atoms with Crippen LogP contribution in [0.25, 0.3) is 0 Å². The van der Waals surface area contributed by atoms with E-state index in [4.69, 9.17) is 0 Å². The van der Waals surface area contributed by atoms with Crippen LogP contribution in [0.4, 0.5) is 0 Å². The van der Waals surface area contributed by atoms with Gasteiger partial charge in [0.25, 0.3) is 0 Å². The molecule has 0 radical (unpaired) electrons. The lowest BCUT2D eigenvalue weighted by Crippen LogP contribution is -2.49. The van der Waals surface area contributed by atoms with E-state index in [9.17, 15) is 23.2 Å². The Morgan fingerprint density at radius 3 is 2.29 bits per heavy atom. The molecule has 1 heterocycles. The topological polar surface area (TPSA) is 116 Å². The molecule has 1 aliphatic heterocycles. The highest BCUT2D eigenvalue weighted by molar-refractivity contribution is 7.91. The van der Waals surface area contributed by atoms with E-state index in [-0.39, 0.29) is 24.1 Å². The first-order valence-corrected chi connectivity index (χ1v) is 12.3. The van der Waals surface area contributed by atoms with Crippen molar-refractivity contribution >= 4 is 21.7 Å². The molecule has 28 heavy (non-hydrogen) atoms. The number of likely N-dealkylation sites (tertiary alicyclic amines) is 1. The van der Waals surface area contributed by atoms with Gasteiger partial charge in [-0.2, -0.15) is 0 Å². The first-order valence-electron chi connectivity index (χ1n) is 10.5. The number of nitrogens with zero attached hydrogens (tertiary/aromatic N) is 1. The van der Waals surface area contributed by atoms with Gasteiger partial charge < -0.3 is 10.2 Å². The molecule has 0 aromatic rings. The van der Waals surface area contributed by atoms with Crippen LogP contribution in [-0.2, 0) is 19.4 Å². The maximum Gasteiger partial charge on any atom is 0.248 e. The first kappa shape index (κ1) is 23.1. The van der Waals surface area contributed by atoms with Gasteiger partial charge in [0.1, 0.15) is 0 Å². The maximum absolute atomic E-state index is 13.3. The Kier molecular flexibility index (Phi) is 9.17. The number of carbonyl (C=O) groups excluding carboxylic acids is 2. The van der Waals surface area contributed by atoms with Gasteiger partial charge in [-0.15, -0.1) is 0 Å². The summed E-state index contributed by atoms with van der Waals surface area (Å²) in [6.45, 7) is 3.01. The minimum absolute atomic E-state index is 0.00900. The van der Waals surface area contributed by atoms with Gasteiger partial charge in [-0.1, -0.05) is 32.6 Å². The molecule has 0 bridgehead atoms. The fourth-order valence-electron chi connectivity index (χ4n) is 4.36. The van der Waals surface area contributed by atoms with E-state index in [0.29, 0.717) is 25.4 Å². The number of rotatable bonds is 10. The third-order valence-electron chi connectivity index (χ3n) is 6.11. The fourth-order valence-corrected chi connectivity index (χ4v) is 5.00. The van der Waals surface area contributed by atoms with E-state index >= 15 is 0 Å². The number of amides is 2. The van der Waals surface area contributed by atoms with Crippen LogP contribution in [0.3, 0.4) is 0 Å². The van der Waals surface area contributed by atoms with Crippen molar-refractivity contribution < 1.29 is 23.2 Å². The Labute approximate surface area is 168 Å². The third-order valence-corrected chi connectivity index (χ3v) is 7.63. The van der Waals surface area contributed by atoms with Crippen molar-refractivity contribution in [2.24, 2.45) is 17.8 Å². The molecule has 3 N–H and O–H groups in total. The first-order chi connectivity index (χ1) is 13.4. The quantitative estimate of drug-likeness (QED) is 0.364. The predicted molar refractivity (Wildman–Crippen MR) is 106 cm³/mol. The number of piperidine rings is 1. The fraction of sp³-hybridized carbons (Fsp3) is 0.895. The Balaban J connectivity index is 2.15. The summed E-state index contributed by atoms with van der Waals surface area (Å²) >= 11 is 0. The SMILES string of the molecule is CCS(=O)(=O)CNCC(C(=O)NO)C(CC1CCCC1)C(=O)N1CCCCC1. The Bertz CT molecular complexity index is 613. The lowest BCUT2D eigenvalue weighted by atomic mass is 9.81. The lowest BCUT2D eigenvalue weighted by Gasteiger charge is -2.34. The Morgan fingerprint density at radius 1 is 1.07 bits per heavy atom. The van der Waals surface area contributed by atoms with Crippen LogP contribution in [0.15, 0.2) is 0 Å². The van der Waals surface area contributed by atoms with Crippen molar-refractivity contribution in [3.8, 4) is 0 Å². The number of hydrogen-bond acceptors (Lipinski definition) is 6. The van der Waals surface area contributed by atoms with E-state index in [0.717, 1.165) is 44.9 Å². The molecular weight excluding hydrogens is 382 g/mol. The zero-order chi connectivity index (χ0) is 20.6. The number of sulfone groups is 1. The summed E-state index contributed by atoms with van der Waals surface area (Å²) in [7, 11) is -3.24. The molecule has 1 saturated carbocycles. The second-order valence-electron chi connectivity index (χ2n) is 8.09. The van der Waals surface area contributed by atoms with Crippen molar-refractivity contribution in [3.05, 3.63) is 0 Å². The van der Waals surface area contributed by atoms with Gasteiger partial charge in [0.2, 0.25) is 11.8 Å². The van der Waals surface area contributed by atoms with Gasteiger partial charge in [0, 0.05) is 25.4 Å². The van der Waals surface area contributed by atoms with Crippen LogP contribution in [-0.4, -0.2) is 61.6 Å². The van der Waals surface area contributed by atoms with Crippen LogP contribution in [0.2, 0.25) is 0 Å². The second-order valence-corrected chi connectivity index (χ2v) is 10.4. The van der Waals surface area contributed by atoms with Crippen molar-refractivity contribution in [1.82, 2.24) is 15.7 Å². The average Bonchev–Trinajstić information content (AvgIpc) is 3.22. The van der Waals surface area contributed by atoms with Crippen LogP contribution in [0, 0.1) is 17.8 Å². The van der Waals surface area contributed by atoms with Gasteiger partial charge in [-0.25, -0.2) is 13.9 Å². The summed E-state index contributed by atoms with van der Waals surface area (Å²) in [5, 5.41) is 12.1. The standard InChI is InChI=1S/C19H35N3O5S/c1-2-28(26,27)14-20-13-17(18(23)21-25)16(12-15-8-4-5-9-15)19(24)22-10-6-3-7-11-22/h15-17,20,25H,2-14H2,1H3,(H,21,23). The molecule has 2 atom stereocenters. The average molecular weight is 418 g/mol. The molecule has 1 saturated heterocycles. The normalized spacial score (nSPS) is 20.7. The lowest BCUT2D eigenvalue weighted by molar-refractivity contribution is -0.146. The molecule has 0 aromatic heterocycles. The van der Waals surface area contributed by atoms with Crippen molar-refractivity contribution in [3.63, 3.8) is 0 Å². The summed E-state index contributed by atoms with van der Waals surface area (Å²) in [6.07, 6.45) is 8.02. The number of nitrogens with one attached hydrogen (secondary N) is 2. The van der Waals surface area contributed by atoms with E-state index in [1.807, 2.05) is 4.90 Å². The minimum Gasteiger partial charge on any atom is -0.342 e. The molecule has 8 nitrogen and oxygen atoms in total. The maximum atomic E-state index is 13.3. The Morgan fingerprint density at radius 2 is 1.71 bits per heavy atom. The van der Waals surface area contributed by atoms with E-state index in [1.54, 1.807) is 12.4 Å². The summed E-state index contributed by atoms with van der Waals surface area (Å²) in [4.78, 5) is 27.5. The molecule has 2 amide bonds. The van der Waals surface area contributed by atoms with Gasteiger partial charge in [0.15, 0.2) is 9.84 Å². The van der Waals surface area contributed by atoms with Crippen molar-refractivity contribution in [2.45, 2.75) is 58.3 Å². The van der Waals surface area contributed by atoms with Crippen LogP contribution in [0.1, 0.15) is 58.3 Å². The number of carbonyl (C=O) groups is 2. The van der Waals surface area contributed by atoms with Crippen LogP contribution in [0.5, 0.6) is 0 Å². The highest BCUT2D eigenvalue weighted by Gasteiger charge is 2.38. The Hall–Kier alpha value is -1.19. The summed E-state index contributed by atoms with van der Waals surface area (Å²) < 4.78 is 23.5. The van der Waals surface area contributed by atoms with Crippen LogP contribution < -0.4 is 10.8 Å². The van der Waals surface area contributed by atoms with E-state index in [1.165, 1.54) is 0 Å². The molecule has 162 valence electrons. The third kappa shape index (κ3) is 6.70. The van der Waals surface area contributed by atoms with E-state index in [2.05, 4.69) is 5.32 Å². The number of hydrogen-bond donors (Lipinski definition) is 3. The van der Waals surface area contributed by atoms with Gasteiger partial charge >= 0.3 is 0 Å². The molecule has 0 spiro atoms. The predicted octanol–water partition coefficient (Wildman–Crippen LogP) is 1.30. The smallest absolute Gasteiger partial charge is 0.248 e. The zero-order valence-corrected chi connectivity index (χ0v) is 17.7. The molecule has 2 unspecified atom stereocenters. The summed E-state index contributed by atoms with van der Waals surface area (Å²) in [5.41, 5.74) is 1.69. The minimum atomic E-state index is -3.24. The molecule has 1 aliphatic carbocycles. The molecule has 2 aliphatic rings. The highest BCUT2D eigenvalue weighted by atomic mass is 32.2. The van der Waals surface area contributed by atoms with Crippen LogP contribution >= 0.6 is 0 Å². The molecule has 2 fully saturated rings. The molecule has 2 rings (SSSR count). The van der Waals surface area contributed by atoms with Gasteiger partial charge in [-0.05, 0) is 31.6 Å². The number of hydroxylamine groups is 1. The highest BCUT2D eigenvalue weighted by Crippen LogP contribution is 2.34. The molecule has 0 aromatic carbocycles. The monoisotopic (exact) mass is 417 g/mol. The molecular formula is C19H35N3O5S. The largest absolute Gasteiger partial charge is 0.342 e. The van der Waals surface area contributed by atoms with Crippen molar-refractivity contribution in [2.75, 3.05) is 31.3 Å². The summed E-state index contributed by atoms with van der Waals surface area (Å²) in [6, 6.07) is 0. The molecule has 9 heteroatoms.